The zero-order valence-corrected chi connectivity index (χ0v) is 15.5. The van der Waals surface area contributed by atoms with E-state index in [1.165, 1.54) is 0 Å². The lowest BCUT2D eigenvalue weighted by Gasteiger charge is -2.18. The minimum absolute atomic E-state index is 0.0104. The van der Waals surface area contributed by atoms with Crippen LogP contribution in [0.4, 0.5) is 0 Å². The van der Waals surface area contributed by atoms with Crippen LogP contribution in [0.2, 0.25) is 0 Å². The van der Waals surface area contributed by atoms with Crippen LogP contribution in [-0.2, 0) is 6.42 Å². The Balaban J connectivity index is 1.82. The van der Waals surface area contributed by atoms with Crippen LogP contribution in [0.1, 0.15) is 29.4 Å². The van der Waals surface area contributed by atoms with Gasteiger partial charge in [0.2, 0.25) is 0 Å². The lowest BCUT2D eigenvalue weighted by atomic mass is 10.0. The molecule has 1 atom stereocenters. The van der Waals surface area contributed by atoms with Crippen LogP contribution in [0.3, 0.4) is 0 Å². The normalized spacial score (nSPS) is 17.0. The Bertz CT molecular complexity index is 980. The Morgan fingerprint density at radius 3 is 2.81 bits per heavy atom. The Hall–Kier alpha value is -2.93. The van der Waals surface area contributed by atoms with Gasteiger partial charge in [0.1, 0.15) is 5.75 Å². The van der Waals surface area contributed by atoms with Crippen LogP contribution >= 0.6 is 0 Å². The molecule has 27 heavy (non-hydrogen) atoms. The van der Waals surface area contributed by atoms with Gasteiger partial charge in [0, 0.05) is 24.7 Å². The smallest absolute Gasteiger partial charge is 0.254 e. The number of nitrogens with zero attached hydrogens (tertiary/aromatic N) is 3. The number of aromatic nitrogens is 3. The van der Waals surface area contributed by atoms with Crippen molar-refractivity contribution < 1.29 is 9.90 Å². The number of pyridine rings is 1. The van der Waals surface area contributed by atoms with Gasteiger partial charge in [-0.1, -0.05) is 6.92 Å². The number of aromatic hydroxyl groups is 1. The summed E-state index contributed by atoms with van der Waals surface area (Å²) in [6.07, 6.45) is 1.67. The van der Waals surface area contributed by atoms with Gasteiger partial charge in [-0.2, -0.15) is 5.10 Å². The fourth-order valence-electron chi connectivity index (χ4n) is 3.65. The summed E-state index contributed by atoms with van der Waals surface area (Å²) in [5, 5.41) is 20.9. The van der Waals surface area contributed by atoms with Crippen LogP contribution in [-0.4, -0.2) is 57.3 Å². The van der Waals surface area contributed by atoms with Gasteiger partial charge in [0.15, 0.2) is 5.65 Å². The summed E-state index contributed by atoms with van der Waals surface area (Å²) in [7, 11) is 1.93. The number of hydrogen-bond donors (Lipinski definition) is 3. The first-order chi connectivity index (χ1) is 13.1. The van der Waals surface area contributed by atoms with Crippen LogP contribution in [0.5, 0.6) is 5.75 Å². The summed E-state index contributed by atoms with van der Waals surface area (Å²) < 4.78 is 0. The maximum Gasteiger partial charge on any atom is 0.254 e. The summed E-state index contributed by atoms with van der Waals surface area (Å²) in [6, 6.07) is 9.00. The molecule has 1 amide bonds. The highest BCUT2D eigenvalue weighted by Gasteiger charge is 2.28. The molecule has 2 aromatic heterocycles. The predicted molar refractivity (Wildman–Crippen MR) is 104 cm³/mol. The number of carbonyl (C=O) groups is 1. The molecule has 1 aromatic carbocycles. The second-order valence-corrected chi connectivity index (χ2v) is 6.87. The first-order valence-corrected chi connectivity index (χ1v) is 9.24. The van der Waals surface area contributed by atoms with Gasteiger partial charge in [-0.3, -0.25) is 9.89 Å². The molecule has 1 aliphatic rings. The molecule has 3 N–H and O–H groups in total. The Morgan fingerprint density at radius 1 is 1.37 bits per heavy atom. The molecular formula is C20H23N5O2. The van der Waals surface area contributed by atoms with Gasteiger partial charge in [0.05, 0.1) is 22.3 Å². The number of aromatic amines is 1. The van der Waals surface area contributed by atoms with Crippen molar-refractivity contribution in [3.05, 3.63) is 41.6 Å². The molecule has 7 nitrogen and oxygen atoms in total. The van der Waals surface area contributed by atoms with Crippen LogP contribution in [0.25, 0.3) is 22.3 Å². The molecule has 0 saturated carbocycles. The number of benzene rings is 1. The van der Waals surface area contributed by atoms with Crippen molar-refractivity contribution >= 4 is 16.9 Å². The summed E-state index contributed by atoms with van der Waals surface area (Å²) in [6.45, 7) is 3.46. The van der Waals surface area contributed by atoms with E-state index in [4.69, 9.17) is 0 Å². The molecule has 4 rings (SSSR count). The first-order valence-electron chi connectivity index (χ1n) is 9.24. The number of nitrogens with one attached hydrogen (secondary N) is 2. The molecule has 3 heterocycles. The van der Waals surface area contributed by atoms with Gasteiger partial charge in [-0.05, 0) is 50.2 Å². The molecule has 1 aliphatic heterocycles. The highest BCUT2D eigenvalue weighted by molar-refractivity contribution is 6.07. The zero-order valence-electron chi connectivity index (χ0n) is 15.5. The van der Waals surface area contributed by atoms with Crippen molar-refractivity contribution in [3.8, 4) is 17.0 Å². The Labute approximate surface area is 157 Å². The number of amides is 1. The summed E-state index contributed by atoms with van der Waals surface area (Å²) >= 11 is 0. The quantitative estimate of drug-likeness (QED) is 0.660. The van der Waals surface area contributed by atoms with Crippen molar-refractivity contribution in [1.29, 1.82) is 0 Å². The third-order valence-electron chi connectivity index (χ3n) is 5.22. The molecule has 0 spiro atoms. The minimum Gasteiger partial charge on any atom is -0.508 e. The molecular weight excluding hydrogens is 342 g/mol. The summed E-state index contributed by atoms with van der Waals surface area (Å²) in [4.78, 5) is 19.9. The minimum atomic E-state index is 0.0104. The second kappa shape index (κ2) is 7.00. The van der Waals surface area contributed by atoms with Crippen molar-refractivity contribution in [2.24, 2.45) is 0 Å². The number of phenols is 1. The van der Waals surface area contributed by atoms with E-state index in [9.17, 15) is 9.90 Å². The lowest BCUT2D eigenvalue weighted by Crippen LogP contribution is -2.33. The van der Waals surface area contributed by atoms with Gasteiger partial charge >= 0.3 is 0 Å². The van der Waals surface area contributed by atoms with Gasteiger partial charge in [-0.15, -0.1) is 0 Å². The van der Waals surface area contributed by atoms with Gasteiger partial charge < -0.3 is 15.3 Å². The average molecular weight is 365 g/mol. The molecule has 1 saturated heterocycles. The highest BCUT2D eigenvalue weighted by Crippen LogP contribution is 2.29. The molecule has 7 heteroatoms. The molecule has 0 radical (unpaired) electrons. The van der Waals surface area contributed by atoms with Crippen LogP contribution in [0.15, 0.2) is 30.3 Å². The van der Waals surface area contributed by atoms with E-state index in [0.29, 0.717) is 29.5 Å². The standard InChI is InChI=1S/C20H23N5O2/c1-3-16-18-15(20(27)25-9-8-13(11-25)21-2)10-17(22-19(18)24-23-16)12-4-6-14(26)7-5-12/h4-7,10,13,21,26H,3,8-9,11H2,1-2H3,(H,22,23,24). The fraction of sp³-hybridized carbons (Fsp3) is 0.350. The van der Waals surface area contributed by atoms with Crippen molar-refractivity contribution in [2.75, 3.05) is 20.1 Å². The summed E-state index contributed by atoms with van der Waals surface area (Å²) in [5.41, 5.74) is 3.62. The van der Waals surface area contributed by atoms with E-state index in [0.717, 1.165) is 36.0 Å². The highest BCUT2D eigenvalue weighted by atomic mass is 16.3. The Kier molecular flexibility index (Phi) is 4.53. The maximum atomic E-state index is 13.3. The van der Waals surface area contributed by atoms with Crippen molar-refractivity contribution in [2.45, 2.75) is 25.8 Å². The first kappa shape index (κ1) is 17.5. The van der Waals surface area contributed by atoms with Crippen molar-refractivity contribution in [3.63, 3.8) is 0 Å². The van der Waals surface area contributed by atoms with Crippen LogP contribution in [0, 0.1) is 0 Å². The van der Waals surface area contributed by atoms with E-state index in [1.54, 1.807) is 24.3 Å². The third kappa shape index (κ3) is 3.14. The predicted octanol–water partition coefficient (Wildman–Crippen LogP) is 2.33. The number of phenolic OH excluding ortho intramolecular Hbond substituents is 1. The molecule has 3 aromatic rings. The molecule has 0 bridgehead atoms. The fourth-order valence-corrected chi connectivity index (χ4v) is 3.65. The lowest BCUT2D eigenvalue weighted by molar-refractivity contribution is 0.0791. The SMILES string of the molecule is CCc1n[nH]c2nc(-c3ccc(O)cc3)cc(C(=O)N3CCC(NC)C3)c12. The number of aryl methyl sites for hydroxylation is 1. The Morgan fingerprint density at radius 2 is 2.15 bits per heavy atom. The number of hydrogen-bond acceptors (Lipinski definition) is 5. The molecule has 0 aliphatic carbocycles. The number of likely N-dealkylation sites (N-methyl/N-ethyl adjacent to an activating group) is 1. The number of carbonyl (C=O) groups excluding carboxylic acids is 1. The van der Waals surface area contributed by atoms with Crippen molar-refractivity contribution in [1.82, 2.24) is 25.4 Å². The number of likely N-dealkylation sites (tertiary alicyclic amines) is 1. The average Bonchev–Trinajstić information content (AvgIpc) is 3.34. The monoisotopic (exact) mass is 365 g/mol. The zero-order chi connectivity index (χ0) is 19.0. The van der Waals surface area contributed by atoms with Crippen LogP contribution < -0.4 is 5.32 Å². The maximum absolute atomic E-state index is 13.3. The number of fused-ring (bicyclic) bond motifs is 1. The van der Waals surface area contributed by atoms with E-state index >= 15 is 0 Å². The topological polar surface area (TPSA) is 94.1 Å². The van der Waals surface area contributed by atoms with Gasteiger partial charge in [-0.25, -0.2) is 4.98 Å². The number of H-pyrrole nitrogens is 1. The summed E-state index contributed by atoms with van der Waals surface area (Å²) in [5.74, 6) is 0.206. The molecule has 140 valence electrons. The van der Waals surface area contributed by atoms with E-state index in [1.807, 2.05) is 24.9 Å². The van der Waals surface area contributed by atoms with Gasteiger partial charge in [0.25, 0.3) is 5.91 Å². The third-order valence-corrected chi connectivity index (χ3v) is 5.22. The second-order valence-electron chi connectivity index (χ2n) is 6.87. The van der Waals surface area contributed by atoms with E-state index in [2.05, 4.69) is 20.5 Å². The molecule has 1 fully saturated rings. The largest absolute Gasteiger partial charge is 0.508 e. The van der Waals surface area contributed by atoms with E-state index in [-0.39, 0.29) is 11.7 Å². The molecule has 1 unspecified atom stereocenters. The number of rotatable bonds is 4. The van der Waals surface area contributed by atoms with E-state index < -0.39 is 0 Å².